The highest BCUT2D eigenvalue weighted by molar-refractivity contribution is 7.89. The number of thiazole rings is 1. The van der Waals surface area contributed by atoms with Crippen LogP contribution in [-0.2, 0) is 23.1 Å². The van der Waals surface area contributed by atoms with Gasteiger partial charge in [-0.05, 0) is 24.2 Å². The summed E-state index contributed by atoms with van der Waals surface area (Å²) in [6.45, 7) is 3.87. The van der Waals surface area contributed by atoms with E-state index in [9.17, 15) is 8.42 Å². The Morgan fingerprint density at radius 2 is 1.95 bits per heavy atom. The summed E-state index contributed by atoms with van der Waals surface area (Å²) in [6.07, 6.45) is 0. The van der Waals surface area contributed by atoms with Crippen molar-refractivity contribution in [1.82, 2.24) is 15.0 Å². The molecule has 1 heterocycles. The summed E-state index contributed by atoms with van der Waals surface area (Å²) in [5.74, 6) is 0. The van der Waals surface area contributed by atoms with Crippen LogP contribution in [0.5, 0.6) is 0 Å². The van der Waals surface area contributed by atoms with E-state index in [0.717, 1.165) is 24.3 Å². The smallest absolute Gasteiger partial charge is 0.240 e. The summed E-state index contributed by atoms with van der Waals surface area (Å²) in [5.41, 5.74) is 3.46. The summed E-state index contributed by atoms with van der Waals surface area (Å²) in [6, 6.07) is 6.88. The van der Waals surface area contributed by atoms with E-state index in [-0.39, 0.29) is 11.4 Å². The van der Waals surface area contributed by atoms with E-state index in [4.69, 9.17) is 0 Å². The van der Waals surface area contributed by atoms with Crippen molar-refractivity contribution in [1.29, 1.82) is 0 Å². The molecule has 7 heteroatoms. The molecular formula is C13H17N3O2S2. The molecule has 0 unspecified atom stereocenters. The minimum absolute atomic E-state index is 0.213. The highest BCUT2D eigenvalue weighted by Gasteiger charge is 2.13. The van der Waals surface area contributed by atoms with Gasteiger partial charge in [-0.2, -0.15) is 0 Å². The highest BCUT2D eigenvalue weighted by atomic mass is 32.2. The zero-order valence-corrected chi connectivity index (χ0v) is 12.8. The lowest BCUT2D eigenvalue weighted by atomic mass is 10.2. The number of rotatable bonds is 7. The van der Waals surface area contributed by atoms with Gasteiger partial charge in [0.2, 0.25) is 10.0 Å². The minimum Gasteiger partial charge on any atom is -0.313 e. The Morgan fingerprint density at radius 1 is 1.20 bits per heavy atom. The molecule has 5 nitrogen and oxygen atoms in total. The van der Waals surface area contributed by atoms with Gasteiger partial charge in [-0.25, -0.2) is 18.1 Å². The fourth-order valence-electron chi connectivity index (χ4n) is 1.63. The van der Waals surface area contributed by atoms with Gasteiger partial charge in [-0.1, -0.05) is 19.1 Å². The van der Waals surface area contributed by atoms with Crippen LogP contribution in [0.25, 0.3) is 0 Å². The Kier molecular flexibility index (Phi) is 5.24. The van der Waals surface area contributed by atoms with E-state index in [2.05, 4.69) is 15.0 Å². The summed E-state index contributed by atoms with van der Waals surface area (Å²) < 4.78 is 26.7. The van der Waals surface area contributed by atoms with E-state index in [1.807, 2.05) is 24.4 Å². The van der Waals surface area contributed by atoms with Gasteiger partial charge in [0.25, 0.3) is 0 Å². The lowest BCUT2D eigenvalue weighted by molar-refractivity contribution is 0.580. The molecule has 2 aromatic rings. The van der Waals surface area contributed by atoms with Crippen LogP contribution in [0.2, 0.25) is 0 Å². The first-order valence-electron chi connectivity index (χ1n) is 6.28. The van der Waals surface area contributed by atoms with Crippen LogP contribution in [0.4, 0.5) is 0 Å². The molecule has 20 heavy (non-hydrogen) atoms. The molecular weight excluding hydrogens is 294 g/mol. The van der Waals surface area contributed by atoms with E-state index >= 15 is 0 Å². The largest absolute Gasteiger partial charge is 0.313 e. The second-order valence-corrected chi connectivity index (χ2v) is 6.71. The summed E-state index contributed by atoms with van der Waals surface area (Å²) in [7, 11) is -3.48. The van der Waals surface area contributed by atoms with E-state index in [0.29, 0.717) is 0 Å². The molecule has 0 atom stereocenters. The van der Waals surface area contributed by atoms with Crippen molar-refractivity contribution in [3.05, 3.63) is 46.4 Å². The summed E-state index contributed by atoms with van der Waals surface area (Å²) in [5, 5.41) is 5.02. The van der Waals surface area contributed by atoms with Gasteiger partial charge >= 0.3 is 0 Å². The molecule has 0 aliphatic carbocycles. The van der Waals surface area contributed by atoms with Gasteiger partial charge in [0.05, 0.1) is 22.6 Å². The molecule has 1 aromatic carbocycles. The minimum atomic E-state index is -3.48. The van der Waals surface area contributed by atoms with E-state index < -0.39 is 10.0 Å². The standard InChI is InChI=1S/C13H17N3O2S2/c1-2-14-7-11-3-5-13(6-4-11)20(17,18)16-8-12-9-19-10-15-12/h3-6,9-10,14,16H,2,7-8H2,1H3. The van der Waals surface area contributed by atoms with Gasteiger partial charge < -0.3 is 5.32 Å². The van der Waals surface area contributed by atoms with Crippen LogP contribution in [0, 0.1) is 0 Å². The number of benzene rings is 1. The van der Waals surface area contributed by atoms with Crippen molar-refractivity contribution in [2.75, 3.05) is 6.54 Å². The van der Waals surface area contributed by atoms with Gasteiger partial charge in [-0.15, -0.1) is 11.3 Å². The van der Waals surface area contributed by atoms with Crippen LogP contribution >= 0.6 is 11.3 Å². The number of hydrogen-bond acceptors (Lipinski definition) is 5. The van der Waals surface area contributed by atoms with Gasteiger partial charge in [0.1, 0.15) is 0 Å². The zero-order valence-electron chi connectivity index (χ0n) is 11.2. The number of hydrogen-bond donors (Lipinski definition) is 2. The molecule has 0 saturated heterocycles. The number of nitrogens with zero attached hydrogens (tertiary/aromatic N) is 1. The number of sulfonamides is 1. The Bertz CT molecular complexity index is 622. The first-order chi connectivity index (χ1) is 9.62. The average molecular weight is 311 g/mol. The van der Waals surface area contributed by atoms with Crippen molar-refractivity contribution in [2.24, 2.45) is 0 Å². The maximum Gasteiger partial charge on any atom is 0.240 e. The first kappa shape index (κ1) is 15.1. The Balaban J connectivity index is 2.01. The van der Waals surface area contributed by atoms with Crippen LogP contribution in [0.1, 0.15) is 18.2 Å². The predicted molar refractivity (Wildman–Crippen MR) is 80.0 cm³/mol. The van der Waals surface area contributed by atoms with E-state index in [1.165, 1.54) is 11.3 Å². The van der Waals surface area contributed by atoms with Crippen LogP contribution in [0.15, 0.2) is 40.1 Å². The molecule has 2 rings (SSSR count). The summed E-state index contributed by atoms with van der Waals surface area (Å²) in [4.78, 5) is 4.32. The van der Waals surface area contributed by atoms with Crippen molar-refractivity contribution in [3.8, 4) is 0 Å². The van der Waals surface area contributed by atoms with Crippen molar-refractivity contribution in [3.63, 3.8) is 0 Å². The molecule has 108 valence electrons. The zero-order chi connectivity index (χ0) is 14.4. The Hall–Kier alpha value is -1.28. The highest BCUT2D eigenvalue weighted by Crippen LogP contribution is 2.11. The molecule has 0 fully saturated rings. The van der Waals surface area contributed by atoms with Crippen LogP contribution in [-0.4, -0.2) is 19.9 Å². The number of aromatic nitrogens is 1. The molecule has 0 amide bonds. The molecule has 0 spiro atoms. The lowest BCUT2D eigenvalue weighted by Gasteiger charge is -2.07. The quantitative estimate of drug-likeness (QED) is 0.817. The molecule has 0 bridgehead atoms. The Morgan fingerprint density at radius 3 is 2.55 bits per heavy atom. The molecule has 2 N–H and O–H groups in total. The molecule has 0 aliphatic heterocycles. The monoisotopic (exact) mass is 311 g/mol. The van der Waals surface area contributed by atoms with Crippen LogP contribution < -0.4 is 10.0 Å². The topological polar surface area (TPSA) is 71.1 Å². The van der Waals surface area contributed by atoms with Crippen molar-refractivity contribution in [2.45, 2.75) is 24.9 Å². The fourth-order valence-corrected chi connectivity index (χ4v) is 3.19. The second kappa shape index (κ2) is 6.94. The lowest BCUT2D eigenvalue weighted by Crippen LogP contribution is -2.23. The average Bonchev–Trinajstić information content (AvgIpc) is 2.97. The maximum atomic E-state index is 12.1. The van der Waals surface area contributed by atoms with Gasteiger partial charge in [-0.3, -0.25) is 0 Å². The number of nitrogens with one attached hydrogen (secondary N) is 2. The maximum absolute atomic E-state index is 12.1. The molecule has 0 saturated carbocycles. The van der Waals surface area contributed by atoms with Crippen LogP contribution in [0.3, 0.4) is 0 Å². The summed E-state index contributed by atoms with van der Waals surface area (Å²) >= 11 is 1.44. The molecule has 0 aliphatic rings. The Labute approximate surface area is 123 Å². The van der Waals surface area contributed by atoms with Gasteiger partial charge in [0.15, 0.2) is 0 Å². The van der Waals surface area contributed by atoms with E-state index in [1.54, 1.807) is 17.6 Å². The van der Waals surface area contributed by atoms with Crippen molar-refractivity contribution >= 4 is 21.4 Å². The van der Waals surface area contributed by atoms with Gasteiger partial charge in [0, 0.05) is 11.9 Å². The third-order valence-electron chi connectivity index (χ3n) is 2.74. The third kappa shape index (κ3) is 4.11. The second-order valence-electron chi connectivity index (χ2n) is 4.23. The fraction of sp³-hybridized carbons (Fsp3) is 0.308. The van der Waals surface area contributed by atoms with Crippen molar-refractivity contribution < 1.29 is 8.42 Å². The normalized spacial score (nSPS) is 11.7. The molecule has 0 radical (unpaired) electrons. The molecule has 1 aromatic heterocycles. The first-order valence-corrected chi connectivity index (χ1v) is 8.71. The SMILES string of the molecule is CCNCc1ccc(S(=O)(=O)NCc2cscn2)cc1. The third-order valence-corrected chi connectivity index (χ3v) is 4.79. The predicted octanol–water partition coefficient (Wildman–Crippen LogP) is 1.73.